The second-order valence-corrected chi connectivity index (χ2v) is 4.11. The number of rotatable bonds is 3. The lowest BCUT2D eigenvalue weighted by Crippen LogP contribution is -2.33. The molecule has 0 aliphatic rings. The zero-order valence-electron chi connectivity index (χ0n) is 8.12. The number of carbonyl (C=O) groups excluding carboxylic acids is 1. The van der Waals surface area contributed by atoms with Gasteiger partial charge in [-0.3, -0.25) is 4.79 Å². The van der Waals surface area contributed by atoms with E-state index in [0.29, 0.717) is 10.3 Å². The summed E-state index contributed by atoms with van der Waals surface area (Å²) < 4.78 is 2.15. The first-order valence-corrected chi connectivity index (χ1v) is 5.06. The fourth-order valence-electron chi connectivity index (χ4n) is 1.00. The lowest BCUT2D eigenvalue weighted by atomic mass is 10.4. The Hall–Kier alpha value is -1.04. The molecule has 6 heteroatoms. The van der Waals surface area contributed by atoms with Gasteiger partial charge in [-0.05, 0) is 29.8 Å². The monoisotopic (exact) mass is 260 g/mol. The minimum atomic E-state index is -0.0951. The third kappa shape index (κ3) is 2.73. The van der Waals surface area contributed by atoms with E-state index in [-0.39, 0.29) is 18.5 Å². The Morgan fingerprint density at radius 2 is 2.43 bits per heavy atom. The van der Waals surface area contributed by atoms with E-state index in [1.165, 1.54) is 4.68 Å². The van der Waals surface area contributed by atoms with Crippen molar-refractivity contribution in [2.75, 3.05) is 5.73 Å². The maximum absolute atomic E-state index is 11.3. The molecule has 0 aliphatic heterocycles. The molecule has 0 fully saturated rings. The normalized spacial score (nSPS) is 10.6. The molecule has 1 aromatic heterocycles. The quantitative estimate of drug-likeness (QED) is 0.843. The van der Waals surface area contributed by atoms with Crippen LogP contribution >= 0.6 is 15.9 Å². The first-order valence-electron chi connectivity index (χ1n) is 4.27. The summed E-state index contributed by atoms with van der Waals surface area (Å²) in [7, 11) is 0. The Labute approximate surface area is 90.8 Å². The molecule has 1 rings (SSSR count). The molecular formula is C8H13BrN4O. The van der Waals surface area contributed by atoms with Crippen LogP contribution in [0, 0.1) is 0 Å². The molecular weight excluding hydrogens is 248 g/mol. The number of halogens is 1. The average Bonchev–Trinajstić information content (AvgIpc) is 2.34. The molecule has 0 saturated carbocycles. The van der Waals surface area contributed by atoms with Gasteiger partial charge >= 0.3 is 0 Å². The van der Waals surface area contributed by atoms with Crippen LogP contribution in [-0.4, -0.2) is 21.7 Å². The van der Waals surface area contributed by atoms with E-state index in [2.05, 4.69) is 26.3 Å². The molecule has 0 saturated heterocycles. The number of nitrogens with two attached hydrogens (primary N) is 1. The van der Waals surface area contributed by atoms with E-state index < -0.39 is 0 Å². The second kappa shape index (κ2) is 4.45. The Balaban J connectivity index is 2.61. The van der Waals surface area contributed by atoms with Gasteiger partial charge in [0.25, 0.3) is 0 Å². The highest BCUT2D eigenvalue weighted by atomic mass is 79.9. The summed E-state index contributed by atoms with van der Waals surface area (Å²) in [6.45, 7) is 3.95. The van der Waals surface area contributed by atoms with Gasteiger partial charge in [-0.2, -0.15) is 5.10 Å². The minimum absolute atomic E-state index is 0.0951. The summed E-state index contributed by atoms with van der Waals surface area (Å²) in [6.07, 6.45) is 1.57. The molecule has 1 aromatic rings. The van der Waals surface area contributed by atoms with Gasteiger partial charge in [0, 0.05) is 6.04 Å². The summed E-state index contributed by atoms with van der Waals surface area (Å²) in [4.78, 5) is 11.3. The third-order valence-electron chi connectivity index (χ3n) is 1.58. The number of amides is 1. The van der Waals surface area contributed by atoms with Gasteiger partial charge in [-0.15, -0.1) is 0 Å². The van der Waals surface area contributed by atoms with Crippen molar-refractivity contribution in [2.24, 2.45) is 0 Å². The lowest BCUT2D eigenvalue weighted by molar-refractivity contribution is -0.122. The van der Waals surface area contributed by atoms with Gasteiger partial charge in [0.1, 0.15) is 12.4 Å². The fraction of sp³-hybridized carbons (Fsp3) is 0.500. The van der Waals surface area contributed by atoms with Crippen LogP contribution in [0.5, 0.6) is 0 Å². The number of nitrogens with zero attached hydrogens (tertiary/aromatic N) is 2. The lowest BCUT2D eigenvalue weighted by Gasteiger charge is -2.08. The number of anilines is 1. The van der Waals surface area contributed by atoms with Gasteiger partial charge < -0.3 is 11.1 Å². The van der Waals surface area contributed by atoms with Crippen molar-refractivity contribution in [3.8, 4) is 0 Å². The van der Waals surface area contributed by atoms with Crippen LogP contribution in [0.2, 0.25) is 0 Å². The van der Waals surface area contributed by atoms with Crippen molar-refractivity contribution in [3.63, 3.8) is 0 Å². The molecule has 0 bridgehead atoms. The third-order valence-corrected chi connectivity index (χ3v) is 2.19. The predicted molar refractivity (Wildman–Crippen MR) is 57.6 cm³/mol. The van der Waals surface area contributed by atoms with Gasteiger partial charge in [0.15, 0.2) is 0 Å². The maximum Gasteiger partial charge on any atom is 0.242 e. The second-order valence-electron chi connectivity index (χ2n) is 3.26. The molecule has 0 radical (unpaired) electrons. The van der Waals surface area contributed by atoms with Crippen molar-refractivity contribution in [1.29, 1.82) is 0 Å². The Morgan fingerprint density at radius 3 is 2.86 bits per heavy atom. The fourth-order valence-corrected chi connectivity index (χ4v) is 1.30. The molecule has 1 heterocycles. The van der Waals surface area contributed by atoms with Crippen LogP contribution in [0.4, 0.5) is 5.82 Å². The molecule has 14 heavy (non-hydrogen) atoms. The van der Waals surface area contributed by atoms with Gasteiger partial charge in [-0.25, -0.2) is 4.68 Å². The van der Waals surface area contributed by atoms with E-state index in [1.54, 1.807) is 6.20 Å². The van der Waals surface area contributed by atoms with E-state index in [4.69, 9.17) is 5.73 Å². The number of nitrogens with one attached hydrogen (secondary N) is 1. The molecule has 0 aliphatic carbocycles. The molecule has 1 amide bonds. The zero-order chi connectivity index (χ0) is 10.7. The highest BCUT2D eigenvalue weighted by Gasteiger charge is 2.09. The SMILES string of the molecule is CC(C)NC(=O)Cn1ncc(Br)c1N. The van der Waals surface area contributed by atoms with E-state index in [9.17, 15) is 4.79 Å². The summed E-state index contributed by atoms with van der Waals surface area (Å²) in [5.74, 6) is 0.367. The molecule has 3 N–H and O–H groups in total. The Morgan fingerprint density at radius 1 is 1.79 bits per heavy atom. The molecule has 0 spiro atoms. The van der Waals surface area contributed by atoms with E-state index >= 15 is 0 Å². The first kappa shape index (κ1) is 11.0. The Bertz CT molecular complexity index is 334. The smallest absolute Gasteiger partial charge is 0.242 e. The zero-order valence-corrected chi connectivity index (χ0v) is 9.71. The van der Waals surface area contributed by atoms with Crippen LogP contribution in [0.3, 0.4) is 0 Å². The summed E-state index contributed by atoms with van der Waals surface area (Å²) in [5.41, 5.74) is 5.66. The summed E-state index contributed by atoms with van der Waals surface area (Å²) in [5, 5.41) is 6.70. The van der Waals surface area contributed by atoms with Crippen molar-refractivity contribution in [1.82, 2.24) is 15.1 Å². The number of hydrogen-bond acceptors (Lipinski definition) is 3. The van der Waals surface area contributed by atoms with Crippen LogP contribution in [-0.2, 0) is 11.3 Å². The molecule has 5 nitrogen and oxygen atoms in total. The Kier molecular flexibility index (Phi) is 3.51. The minimum Gasteiger partial charge on any atom is -0.383 e. The van der Waals surface area contributed by atoms with Crippen LogP contribution in [0.1, 0.15) is 13.8 Å². The van der Waals surface area contributed by atoms with Crippen LogP contribution < -0.4 is 11.1 Å². The first-order chi connectivity index (χ1) is 6.50. The standard InChI is InChI=1S/C8H13BrN4O/c1-5(2)12-7(14)4-13-8(10)6(9)3-11-13/h3,5H,4,10H2,1-2H3,(H,12,14). The number of carbonyl (C=O) groups is 1. The highest BCUT2D eigenvalue weighted by Crippen LogP contribution is 2.17. The highest BCUT2D eigenvalue weighted by molar-refractivity contribution is 9.10. The summed E-state index contributed by atoms with van der Waals surface area (Å²) in [6, 6.07) is 0.128. The van der Waals surface area contributed by atoms with E-state index in [1.807, 2.05) is 13.8 Å². The van der Waals surface area contributed by atoms with E-state index in [0.717, 1.165) is 0 Å². The van der Waals surface area contributed by atoms with Crippen LogP contribution in [0.15, 0.2) is 10.7 Å². The number of aromatic nitrogens is 2. The number of hydrogen-bond donors (Lipinski definition) is 2. The van der Waals surface area contributed by atoms with Gasteiger partial charge in [-0.1, -0.05) is 0 Å². The summed E-state index contributed by atoms with van der Waals surface area (Å²) >= 11 is 3.22. The average molecular weight is 261 g/mol. The topological polar surface area (TPSA) is 72.9 Å². The predicted octanol–water partition coefficient (Wildman–Crippen LogP) is 0.752. The van der Waals surface area contributed by atoms with Crippen molar-refractivity contribution >= 4 is 27.7 Å². The van der Waals surface area contributed by atoms with Crippen LogP contribution in [0.25, 0.3) is 0 Å². The van der Waals surface area contributed by atoms with Crippen molar-refractivity contribution < 1.29 is 4.79 Å². The maximum atomic E-state index is 11.3. The van der Waals surface area contributed by atoms with Gasteiger partial charge in [0.2, 0.25) is 5.91 Å². The molecule has 0 unspecified atom stereocenters. The van der Waals surface area contributed by atoms with Crippen molar-refractivity contribution in [3.05, 3.63) is 10.7 Å². The number of nitrogen functional groups attached to an aromatic ring is 1. The van der Waals surface area contributed by atoms with Crippen molar-refractivity contribution in [2.45, 2.75) is 26.4 Å². The van der Waals surface area contributed by atoms with Gasteiger partial charge in [0.05, 0.1) is 10.7 Å². The molecule has 78 valence electrons. The largest absolute Gasteiger partial charge is 0.383 e. The molecule has 0 atom stereocenters. The molecule has 0 aromatic carbocycles.